The molecule has 1 fully saturated rings. The van der Waals surface area contributed by atoms with Gasteiger partial charge in [-0.1, -0.05) is 18.2 Å². The number of para-hydroxylation sites is 1. The number of hydrogen-bond donors (Lipinski definition) is 1. The van der Waals surface area contributed by atoms with Gasteiger partial charge in [-0.25, -0.2) is 4.99 Å². The summed E-state index contributed by atoms with van der Waals surface area (Å²) in [5.74, 6) is 0.351. The molecule has 0 unspecified atom stereocenters. The predicted molar refractivity (Wildman–Crippen MR) is 107 cm³/mol. The summed E-state index contributed by atoms with van der Waals surface area (Å²) >= 11 is 0.997. The van der Waals surface area contributed by atoms with Gasteiger partial charge in [0.2, 0.25) is 0 Å². The molecule has 0 saturated carbocycles. The van der Waals surface area contributed by atoms with Crippen molar-refractivity contribution in [2.24, 2.45) is 4.99 Å². The van der Waals surface area contributed by atoms with Crippen molar-refractivity contribution in [3.63, 3.8) is 0 Å². The Morgan fingerprint density at radius 2 is 1.68 bits per heavy atom. The number of amides is 1. The molecule has 0 bridgehead atoms. The van der Waals surface area contributed by atoms with E-state index in [0.717, 1.165) is 11.8 Å². The third kappa shape index (κ3) is 5.08. The molecular formula is C20H16N2O5S. The van der Waals surface area contributed by atoms with Crippen molar-refractivity contribution < 1.29 is 23.9 Å². The second-order valence-corrected chi connectivity index (χ2v) is 6.72. The number of amidine groups is 1. The third-order valence-electron chi connectivity index (χ3n) is 3.46. The monoisotopic (exact) mass is 396 g/mol. The molecule has 7 nitrogen and oxygen atoms in total. The number of carbonyl (C=O) groups is 3. The first-order valence-electron chi connectivity index (χ1n) is 8.26. The average molecular weight is 396 g/mol. The quantitative estimate of drug-likeness (QED) is 0.619. The maximum Gasteiger partial charge on any atom is 0.308 e. The summed E-state index contributed by atoms with van der Waals surface area (Å²) < 4.78 is 10.2. The van der Waals surface area contributed by atoms with Crippen LogP contribution in [0.3, 0.4) is 0 Å². The van der Waals surface area contributed by atoms with Crippen LogP contribution in [0.25, 0.3) is 6.08 Å². The van der Waals surface area contributed by atoms with Crippen LogP contribution in [0.5, 0.6) is 11.5 Å². The first kappa shape index (κ1) is 19.4. The van der Waals surface area contributed by atoms with Crippen molar-refractivity contribution in [1.29, 1.82) is 0 Å². The van der Waals surface area contributed by atoms with E-state index < -0.39 is 11.9 Å². The first-order chi connectivity index (χ1) is 13.4. The summed E-state index contributed by atoms with van der Waals surface area (Å²) in [6.45, 7) is 2.65. The third-order valence-corrected chi connectivity index (χ3v) is 4.27. The summed E-state index contributed by atoms with van der Waals surface area (Å²) in [6.07, 6.45) is 1.73. The molecule has 1 N–H and O–H groups in total. The van der Waals surface area contributed by atoms with Crippen LogP contribution in [0.15, 0.2) is 58.4 Å². The maximum atomic E-state index is 11.9. The molecule has 0 aromatic heterocycles. The number of nitrogens with zero attached hydrogens (tertiary/aromatic N) is 1. The molecule has 2 aromatic carbocycles. The molecule has 3 rings (SSSR count). The van der Waals surface area contributed by atoms with Gasteiger partial charge in [-0.15, -0.1) is 0 Å². The Kier molecular flexibility index (Phi) is 5.90. The van der Waals surface area contributed by atoms with E-state index >= 15 is 0 Å². The molecule has 1 aliphatic heterocycles. The Balaban J connectivity index is 1.90. The lowest BCUT2D eigenvalue weighted by Gasteiger charge is -2.06. The Labute approximate surface area is 165 Å². The zero-order valence-corrected chi connectivity index (χ0v) is 15.9. The molecule has 1 heterocycles. The molecule has 2 aromatic rings. The SMILES string of the molecule is CC(=O)Oc1ccc(N=C2NC(=O)S/C2=C\c2ccccc2OC(C)=O)cc1. The van der Waals surface area contributed by atoms with E-state index in [9.17, 15) is 14.4 Å². The highest BCUT2D eigenvalue weighted by Crippen LogP contribution is 2.31. The van der Waals surface area contributed by atoms with Crippen LogP contribution >= 0.6 is 11.8 Å². The number of aliphatic imine (C=N–C) groups is 1. The van der Waals surface area contributed by atoms with Crippen molar-refractivity contribution >= 4 is 46.5 Å². The average Bonchev–Trinajstić information content (AvgIpc) is 2.96. The van der Waals surface area contributed by atoms with Crippen LogP contribution < -0.4 is 14.8 Å². The van der Waals surface area contributed by atoms with Gasteiger partial charge in [0.05, 0.1) is 10.6 Å². The number of nitrogens with one attached hydrogen (secondary N) is 1. The zero-order valence-electron chi connectivity index (χ0n) is 15.1. The lowest BCUT2D eigenvalue weighted by Crippen LogP contribution is -2.18. The molecule has 1 amide bonds. The molecule has 0 radical (unpaired) electrons. The van der Waals surface area contributed by atoms with Gasteiger partial charge in [0.1, 0.15) is 17.3 Å². The van der Waals surface area contributed by atoms with Crippen molar-refractivity contribution in [3.05, 3.63) is 59.0 Å². The van der Waals surface area contributed by atoms with Gasteiger partial charge in [0.25, 0.3) is 5.24 Å². The van der Waals surface area contributed by atoms with Gasteiger partial charge in [-0.05, 0) is 48.2 Å². The lowest BCUT2D eigenvalue weighted by molar-refractivity contribution is -0.132. The highest BCUT2D eigenvalue weighted by Gasteiger charge is 2.24. The van der Waals surface area contributed by atoms with E-state index in [1.165, 1.54) is 13.8 Å². The molecule has 1 saturated heterocycles. The van der Waals surface area contributed by atoms with E-state index in [0.29, 0.717) is 33.5 Å². The maximum absolute atomic E-state index is 11.9. The summed E-state index contributed by atoms with van der Waals surface area (Å²) in [5, 5.41) is 2.43. The van der Waals surface area contributed by atoms with E-state index in [-0.39, 0.29) is 5.24 Å². The largest absolute Gasteiger partial charge is 0.427 e. The minimum Gasteiger partial charge on any atom is -0.427 e. The minimum atomic E-state index is -0.430. The summed E-state index contributed by atoms with van der Waals surface area (Å²) in [6, 6.07) is 13.6. The fourth-order valence-electron chi connectivity index (χ4n) is 2.39. The molecule has 8 heteroatoms. The number of rotatable bonds is 4. The number of hydrogen-bond acceptors (Lipinski definition) is 7. The van der Waals surface area contributed by atoms with Crippen LogP contribution in [-0.2, 0) is 9.59 Å². The molecule has 1 aliphatic rings. The molecule has 28 heavy (non-hydrogen) atoms. The van der Waals surface area contributed by atoms with Crippen LogP contribution in [0.2, 0.25) is 0 Å². The molecular weight excluding hydrogens is 380 g/mol. The van der Waals surface area contributed by atoms with Gasteiger partial charge in [-0.2, -0.15) is 0 Å². The summed E-state index contributed by atoms with van der Waals surface area (Å²) in [5.41, 5.74) is 1.22. The van der Waals surface area contributed by atoms with Gasteiger partial charge < -0.3 is 14.8 Å². The Morgan fingerprint density at radius 3 is 2.36 bits per heavy atom. The number of carbonyl (C=O) groups excluding carboxylic acids is 3. The first-order valence-corrected chi connectivity index (χ1v) is 9.08. The van der Waals surface area contributed by atoms with Gasteiger partial charge in [0.15, 0.2) is 0 Å². The van der Waals surface area contributed by atoms with Crippen molar-refractivity contribution in [1.82, 2.24) is 5.32 Å². The number of esters is 2. The topological polar surface area (TPSA) is 94.1 Å². The molecule has 0 atom stereocenters. The van der Waals surface area contributed by atoms with Crippen molar-refractivity contribution in [3.8, 4) is 11.5 Å². The van der Waals surface area contributed by atoms with Gasteiger partial charge >= 0.3 is 11.9 Å². The second-order valence-electron chi connectivity index (χ2n) is 5.70. The van der Waals surface area contributed by atoms with Crippen LogP contribution in [0.1, 0.15) is 19.4 Å². The van der Waals surface area contributed by atoms with Crippen LogP contribution in [0, 0.1) is 0 Å². The van der Waals surface area contributed by atoms with E-state index in [2.05, 4.69) is 10.3 Å². The number of ether oxygens (including phenoxy) is 2. The van der Waals surface area contributed by atoms with Gasteiger partial charge in [0, 0.05) is 19.4 Å². The highest BCUT2D eigenvalue weighted by molar-refractivity contribution is 8.18. The van der Waals surface area contributed by atoms with Crippen LogP contribution in [-0.4, -0.2) is 23.0 Å². The fraction of sp³-hybridized carbons (Fsp3) is 0.100. The second kappa shape index (κ2) is 8.53. The normalized spacial score (nSPS) is 16.1. The summed E-state index contributed by atoms with van der Waals surface area (Å²) in [7, 11) is 0. The fourth-order valence-corrected chi connectivity index (χ4v) is 3.11. The highest BCUT2D eigenvalue weighted by atomic mass is 32.2. The van der Waals surface area contributed by atoms with Crippen LogP contribution in [0.4, 0.5) is 10.5 Å². The number of benzene rings is 2. The van der Waals surface area contributed by atoms with E-state index in [1.807, 2.05) is 0 Å². The molecule has 0 aliphatic carbocycles. The minimum absolute atomic E-state index is 0.258. The Morgan fingerprint density at radius 1 is 1.00 bits per heavy atom. The van der Waals surface area contributed by atoms with E-state index in [4.69, 9.17) is 9.47 Å². The molecule has 0 spiro atoms. The Hall–Kier alpha value is -3.39. The van der Waals surface area contributed by atoms with E-state index in [1.54, 1.807) is 54.6 Å². The van der Waals surface area contributed by atoms with Crippen molar-refractivity contribution in [2.75, 3.05) is 0 Å². The van der Waals surface area contributed by atoms with Gasteiger partial charge in [-0.3, -0.25) is 14.4 Å². The lowest BCUT2D eigenvalue weighted by atomic mass is 10.2. The smallest absolute Gasteiger partial charge is 0.308 e. The molecule has 142 valence electrons. The summed E-state index contributed by atoms with van der Waals surface area (Å²) in [4.78, 5) is 39.2. The zero-order chi connectivity index (χ0) is 20.1. The predicted octanol–water partition coefficient (Wildman–Crippen LogP) is 4.06. The number of thioether (sulfide) groups is 1. The van der Waals surface area contributed by atoms with Crippen molar-refractivity contribution in [2.45, 2.75) is 13.8 Å². The Bertz CT molecular complexity index is 996. The standard InChI is InChI=1S/C20H16N2O5S/c1-12(23)26-16-9-7-15(8-10-16)21-19-18(28-20(25)22-19)11-14-5-3-4-6-17(14)27-13(2)24/h3-11H,1-2H3,(H,21,22,25)/b18-11-.